The maximum Gasteiger partial charge on any atom is 0.226 e. The Morgan fingerprint density at radius 2 is 1.78 bits per heavy atom. The van der Waals surface area contributed by atoms with Crippen molar-refractivity contribution in [2.45, 2.75) is 65.8 Å². The molecule has 0 aromatic heterocycles. The van der Waals surface area contributed by atoms with E-state index in [-0.39, 0.29) is 5.41 Å². The highest BCUT2D eigenvalue weighted by molar-refractivity contribution is 14.1. The van der Waals surface area contributed by atoms with Gasteiger partial charge in [0.25, 0.3) is 0 Å². The number of carbonyl (C=O) groups is 1. The van der Waals surface area contributed by atoms with Gasteiger partial charge in [0.1, 0.15) is 0 Å². The van der Waals surface area contributed by atoms with Gasteiger partial charge in [-0.25, -0.2) is 0 Å². The molecule has 0 aromatic rings. The zero-order chi connectivity index (χ0) is 13.8. The third kappa shape index (κ3) is 4.10. The summed E-state index contributed by atoms with van der Waals surface area (Å²) in [5, 5.41) is 3.31. The highest BCUT2D eigenvalue weighted by atomic mass is 127. The van der Waals surface area contributed by atoms with Crippen LogP contribution in [-0.4, -0.2) is 16.4 Å². The molecule has 1 N–H and O–H groups in total. The fourth-order valence-electron chi connectivity index (χ4n) is 3.06. The van der Waals surface area contributed by atoms with E-state index in [1.807, 2.05) is 0 Å². The van der Waals surface area contributed by atoms with Crippen molar-refractivity contribution in [1.29, 1.82) is 0 Å². The van der Waals surface area contributed by atoms with E-state index in [1.54, 1.807) is 0 Å². The van der Waals surface area contributed by atoms with Gasteiger partial charge >= 0.3 is 0 Å². The Morgan fingerprint density at radius 1 is 1.22 bits per heavy atom. The van der Waals surface area contributed by atoms with Crippen molar-refractivity contribution < 1.29 is 4.79 Å². The van der Waals surface area contributed by atoms with Crippen molar-refractivity contribution in [2.75, 3.05) is 4.43 Å². The van der Waals surface area contributed by atoms with E-state index in [1.165, 1.54) is 12.8 Å². The van der Waals surface area contributed by atoms with Gasteiger partial charge in [-0.2, -0.15) is 0 Å². The van der Waals surface area contributed by atoms with Crippen LogP contribution in [0.3, 0.4) is 0 Å². The van der Waals surface area contributed by atoms with Gasteiger partial charge in [0, 0.05) is 15.9 Å². The Hall–Kier alpha value is 0.200. The number of halogens is 1. The van der Waals surface area contributed by atoms with Crippen LogP contribution in [0.25, 0.3) is 0 Å². The maximum absolute atomic E-state index is 12.7. The fourth-order valence-corrected chi connectivity index (χ4v) is 4.30. The SMILES string of the molecule is CC(C)CC1(C(=O)NC(CI)C(C)C)CCCC1. The van der Waals surface area contributed by atoms with Gasteiger partial charge in [-0.1, -0.05) is 63.1 Å². The van der Waals surface area contributed by atoms with Gasteiger partial charge in [-0.15, -0.1) is 0 Å². The highest BCUT2D eigenvalue weighted by Crippen LogP contribution is 2.43. The van der Waals surface area contributed by atoms with E-state index in [0.717, 1.165) is 23.7 Å². The second kappa shape index (κ2) is 7.11. The molecular weight excluding hydrogens is 337 g/mol. The lowest BCUT2D eigenvalue weighted by molar-refractivity contribution is -0.132. The van der Waals surface area contributed by atoms with Crippen molar-refractivity contribution in [1.82, 2.24) is 5.32 Å². The smallest absolute Gasteiger partial charge is 0.226 e. The van der Waals surface area contributed by atoms with Crippen LogP contribution in [-0.2, 0) is 4.79 Å². The quantitative estimate of drug-likeness (QED) is 0.556. The number of hydrogen-bond donors (Lipinski definition) is 1. The molecule has 1 fully saturated rings. The average Bonchev–Trinajstić information content (AvgIpc) is 2.73. The van der Waals surface area contributed by atoms with Gasteiger partial charge in [0.05, 0.1) is 0 Å². The monoisotopic (exact) mass is 365 g/mol. The summed E-state index contributed by atoms with van der Waals surface area (Å²) >= 11 is 2.38. The molecule has 1 aliphatic rings. The lowest BCUT2D eigenvalue weighted by Gasteiger charge is -2.32. The molecule has 106 valence electrons. The first-order chi connectivity index (χ1) is 8.41. The largest absolute Gasteiger partial charge is 0.352 e. The maximum atomic E-state index is 12.7. The molecule has 1 unspecified atom stereocenters. The number of nitrogens with one attached hydrogen (secondary N) is 1. The Kier molecular flexibility index (Phi) is 6.42. The van der Waals surface area contributed by atoms with Gasteiger partial charge in [-0.3, -0.25) is 4.79 Å². The molecule has 1 aliphatic carbocycles. The third-order valence-corrected chi connectivity index (χ3v) is 5.08. The van der Waals surface area contributed by atoms with Crippen LogP contribution in [0.5, 0.6) is 0 Å². The molecular formula is C15H28INO. The number of alkyl halides is 1. The van der Waals surface area contributed by atoms with Crippen molar-refractivity contribution in [3.63, 3.8) is 0 Å². The molecule has 1 atom stereocenters. The second-order valence-corrected chi connectivity index (χ2v) is 7.44. The molecule has 2 nitrogen and oxygen atoms in total. The zero-order valence-corrected chi connectivity index (χ0v) is 14.4. The molecule has 0 spiro atoms. The normalized spacial score (nSPS) is 20.4. The summed E-state index contributed by atoms with van der Waals surface area (Å²) in [6.07, 6.45) is 5.66. The summed E-state index contributed by atoms with van der Waals surface area (Å²) in [5.41, 5.74) is -0.0624. The average molecular weight is 365 g/mol. The first-order valence-corrected chi connectivity index (χ1v) is 8.81. The Labute approximate surface area is 126 Å². The van der Waals surface area contributed by atoms with E-state index >= 15 is 0 Å². The first kappa shape index (κ1) is 16.3. The summed E-state index contributed by atoms with van der Waals surface area (Å²) in [5.74, 6) is 1.44. The molecule has 0 heterocycles. The standard InChI is InChI=1S/C15H28INO/c1-11(2)9-15(7-5-6-8-15)14(18)17-13(10-16)12(3)4/h11-13H,5-10H2,1-4H3,(H,17,18). The number of hydrogen-bond acceptors (Lipinski definition) is 1. The van der Waals surface area contributed by atoms with E-state index in [4.69, 9.17) is 0 Å². The van der Waals surface area contributed by atoms with Crippen LogP contribution in [0.15, 0.2) is 0 Å². The predicted octanol–water partition coefficient (Wildman–Crippen LogP) is 4.17. The topological polar surface area (TPSA) is 29.1 Å². The van der Waals surface area contributed by atoms with Crippen molar-refractivity contribution in [2.24, 2.45) is 17.3 Å². The molecule has 0 aliphatic heterocycles. The molecule has 0 radical (unpaired) electrons. The Bertz CT molecular complexity index is 270. The third-order valence-electron chi connectivity index (χ3n) is 4.13. The van der Waals surface area contributed by atoms with Crippen molar-refractivity contribution in [3.05, 3.63) is 0 Å². The minimum atomic E-state index is -0.0624. The van der Waals surface area contributed by atoms with E-state index in [9.17, 15) is 4.79 Å². The molecule has 0 aromatic carbocycles. The van der Waals surface area contributed by atoms with Gasteiger partial charge < -0.3 is 5.32 Å². The summed E-state index contributed by atoms with van der Waals surface area (Å²) < 4.78 is 0.999. The van der Waals surface area contributed by atoms with Gasteiger partial charge in [0.15, 0.2) is 0 Å². The molecule has 3 heteroatoms. The van der Waals surface area contributed by atoms with Gasteiger partial charge in [-0.05, 0) is 31.1 Å². The molecule has 0 saturated heterocycles. The van der Waals surface area contributed by atoms with E-state index in [2.05, 4.69) is 55.6 Å². The summed E-state index contributed by atoms with van der Waals surface area (Å²) in [6, 6.07) is 0.322. The van der Waals surface area contributed by atoms with Crippen LogP contribution in [0.2, 0.25) is 0 Å². The Balaban J connectivity index is 2.71. The molecule has 1 amide bonds. The molecule has 0 bridgehead atoms. The minimum absolute atomic E-state index is 0.0624. The van der Waals surface area contributed by atoms with Crippen LogP contribution < -0.4 is 5.32 Å². The van der Waals surface area contributed by atoms with Crippen molar-refractivity contribution in [3.8, 4) is 0 Å². The lowest BCUT2D eigenvalue weighted by atomic mass is 9.77. The minimum Gasteiger partial charge on any atom is -0.352 e. The van der Waals surface area contributed by atoms with Crippen LogP contribution >= 0.6 is 22.6 Å². The second-order valence-electron chi connectivity index (χ2n) is 6.56. The Morgan fingerprint density at radius 3 is 2.17 bits per heavy atom. The zero-order valence-electron chi connectivity index (χ0n) is 12.3. The number of rotatable bonds is 6. The van der Waals surface area contributed by atoms with Gasteiger partial charge in [0.2, 0.25) is 5.91 Å². The predicted molar refractivity (Wildman–Crippen MR) is 86.0 cm³/mol. The number of amides is 1. The first-order valence-electron chi connectivity index (χ1n) is 7.28. The number of carbonyl (C=O) groups excluding carboxylic acids is 1. The van der Waals surface area contributed by atoms with E-state index < -0.39 is 0 Å². The van der Waals surface area contributed by atoms with E-state index in [0.29, 0.717) is 23.8 Å². The molecule has 1 saturated carbocycles. The summed E-state index contributed by atoms with van der Waals surface area (Å²) in [6.45, 7) is 8.83. The fraction of sp³-hybridized carbons (Fsp3) is 0.933. The molecule has 18 heavy (non-hydrogen) atoms. The molecule has 1 rings (SSSR count). The summed E-state index contributed by atoms with van der Waals surface area (Å²) in [4.78, 5) is 12.7. The van der Waals surface area contributed by atoms with Crippen molar-refractivity contribution >= 4 is 28.5 Å². The van der Waals surface area contributed by atoms with Crippen LogP contribution in [0.1, 0.15) is 59.8 Å². The van der Waals surface area contributed by atoms with Crippen LogP contribution in [0.4, 0.5) is 0 Å². The van der Waals surface area contributed by atoms with Crippen LogP contribution in [0, 0.1) is 17.3 Å². The highest BCUT2D eigenvalue weighted by Gasteiger charge is 2.41. The lowest BCUT2D eigenvalue weighted by Crippen LogP contribution is -2.47. The summed E-state index contributed by atoms with van der Waals surface area (Å²) in [7, 11) is 0.